The van der Waals surface area contributed by atoms with Crippen LogP contribution in [0.5, 0.6) is 0 Å². The molecule has 0 aliphatic rings. The Kier molecular flexibility index (Phi) is 0.966. The second-order valence-electron chi connectivity index (χ2n) is 1.08. The molecule has 0 saturated heterocycles. The van der Waals surface area contributed by atoms with Crippen molar-refractivity contribution in [3.8, 4) is 0 Å². The zero-order chi connectivity index (χ0) is 5.11. The topological polar surface area (TPSA) is 48.9 Å². The first-order valence-corrected chi connectivity index (χ1v) is 1.87. The fourth-order valence-corrected chi connectivity index (χ4v) is 0.298. The Hall–Kier alpha value is -1.01. The van der Waals surface area contributed by atoms with Crippen molar-refractivity contribution in [3.05, 3.63) is 18.2 Å². The quantitative estimate of drug-likeness (QED) is 0.495. The number of nitrogens with one attached hydrogen (secondary N) is 1. The van der Waals surface area contributed by atoms with Crippen molar-refractivity contribution in [2.45, 2.75) is 6.61 Å². The molecule has 0 radical (unpaired) electrons. The molecular formula is C4H4N2O. The summed E-state index contributed by atoms with van der Waals surface area (Å²) in [5, 5.41) is 8.29. The van der Waals surface area contributed by atoms with Gasteiger partial charge in [0, 0.05) is 6.20 Å². The van der Waals surface area contributed by atoms with Crippen LogP contribution in [0, 0.1) is 12.4 Å². The molecule has 2 N–H and O–H groups in total. The molecule has 1 heterocycles. The van der Waals surface area contributed by atoms with Crippen LogP contribution < -0.4 is 0 Å². The van der Waals surface area contributed by atoms with Crippen molar-refractivity contribution in [2.24, 2.45) is 0 Å². The summed E-state index contributed by atoms with van der Waals surface area (Å²) in [6.07, 6.45) is 4.85. The van der Waals surface area contributed by atoms with E-state index in [4.69, 9.17) is 5.11 Å². The molecule has 0 amide bonds. The fourth-order valence-electron chi connectivity index (χ4n) is 0.298. The van der Waals surface area contributed by atoms with Crippen molar-refractivity contribution in [1.29, 1.82) is 0 Å². The van der Waals surface area contributed by atoms with Gasteiger partial charge in [0.2, 0.25) is 0 Å². The number of rotatable bonds is 1. The summed E-state index contributed by atoms with van der Waals surface area (Å²) < 4.78 is 0. The maximum absolute atomic E-state index is 8.29. The lowest BCUT2D eigenvalue weighted by atomic mass is 10.7. The minimum atomic E-state index is -0.0694. The first-order valence-electron chi connectivity index (χ1n) is 1.87. The van der Waals surface area contributed by atoms with Gasteiger partial charge >= 0.3 is 0 Å². The lowest BCUT2D eigenvalue weighted by molar-refractivity contribution is 0.272. The van der Waals surface area contributed by atoms with Gasteiger partial charge in [0.15, 0.2) is 0 Å². The molecule has 1 rings (SSSR count). The molecule has 3 nitrogen and oxygen atoms in total. The number of aliphatic hydroxyl groups excluding tert-OH is 1. The van der Waals surface area contributed by atoms with Gasteiger partial charge in [0.25, 0.3) is 0 Å². The highest BCUT2D eigenvalue weighted by Crippen LogP contribution is 1.78. The average molecular weight is 96.1 g/mol. The second-order valence-corrected chi connectivity index (χ2v) is 1.08. The third kappa shape index (κ3) is 0.699. The fraction of sp³-hybridized carbons (Fsp3) is 0.250. The minimum Gasteiger partial charge on any atom is -0.388 e. The number of H-pyrrole nitrogens is 1. The third-order valence-corrected chi connectivity index (χ3v) is 0.603. The van der Waals surface area contributed by atoms with E-state index < -0.39 is 0 Å². The van der Waals surface area contributed by atoms with Crippen molar-refractivity contribution in [2.75, 3.05) is 0 Å². The average Bonchev–Trinajstić information content (AvgIpc) is 2.14. The zero-order valence-corrected chi connectivity index (χ0v) is 3.60. The Morgan fingerprint density at radius 1 is 1.86 bits per heavy atom. The Balaban J connectivity index is 2.76. The van der Waals surface area contributed by atoms with Crippen LogP contribution in [0.2, 0.25) is 0 Å². The summed E-state index contributed by atoms with van der Waals surface area (Å²) in [5.41, 5.74) is 0. The maximum Gasteiger partial charge on any atom is 0.150 e. The van der Waals surface area contributed by atoms with E-state index in [1.54, 1.807) is 0 Å². The standard InChI is InChI=1S/C4H4N2O/c7-3-4-5-1-2-6-4/h7H,3H2,(H,5,6). The molecule has 36 valence electrons. The van der Waals surface area contributed by atoms with Crippen molar-refractivity contribution in [1.82, 2.24) is 9.97 Å². The van der Waals surface area contributed by atoms with Gasteiger partial charge in [0.05, 0.1) is 6.20 Å². The van der Waals surface area contributed by atoms with Crippen LogP contribution in [0.4, 0.5) is 0 Å². The van der Waals surface area contributed by atoms with Crippen LogP contribution in [-0.4, -0.2) is 15.1 Å². The summed E-state index contributed by atoms with van der Waals surface area (Å²) in [7, 11) is 0. The smallest absolute Gasteiger partial charge is 0.150 e. The van der Waals surface area contributed by atoms with Gasteiger partial charge in [-0.1, -0.05) is 0 Å². The first-order chi connectivity index (χ1) is 3.43. The molecule has 0 aliphatic carbocycles. The predicted octanol–water partition coefficient (Wildman–Crippen LogP) is -0.498. The third-order valence-electron chi connectivity index (χ3n) is 0.603. The molecule has 0 saturated carbocycles. The Morgan fingerprint density at radius 3 is 3.00 bits per heavy atom. The van der Waals surface area contributed by atoms with Crippen LogP contribution in [-0.2, 0) is 6.61 Å². The van der Waals surface area contributed by atoms with E-state index in [0.29, 0.717) is 5.82 Å². The maximum atomic E-state index is 8.29. The SMILES string of the molecule is OCc1nc#c[nH]1. The van der Waals surface area contributed by atoms with Crippen LogP contribution in [0.3, 0.4) is 0 Å². The van der Waals surface area contributed by atoms with Gasteiger partial charge in [-0.25, -0.2) is 0 Å². The Labute approximate surface area is 41.0 Å². The second kappa shape index (κ2) is 1.63. The number of aromatic nitrogens is 2. The van der Waals surface area contributed by atoms with Crippen molar-refractivity contribution >= 4 is 0 Å². The monoisotopic (exact) mass is 96.0 g/mol. The van der Waals surface area contributed by atoms with Gasteiger partial charge in [-0.15, -0.1) is 0 Å². The Morgan fingerprint density at radius 2 is 2.71 bits per heavy atom. The molecule has 0 bridgehead atoms. The molecule has 3 heteroatoms. The zero-order valence-electron chi connectivity index (χ0n) is 3.60. The first kappa shape index (κ1) is 4.16. The number of nitrogens with zero attached hydrogens (tertiary/aromatic N) is 1. The normalized spacial score (nSPS) is 8.14. The molecule has 0 aromatic carbocycles. The molecule has 7 heavy (non-hydrogen) atoms. The minimum absolute atomic E-state index is 0.0694. The van der Waals surface area contributed by atoms with Gasteiger partial charge in [-0.05, 0) is 0 Å². The number of aromatic amines is 1. The van der Waals surface area contributed by atoms with Crippen LogP contribution in [0.1, 0.15) is 5.82 Å². The van der Waals surface area contributed by atoms with E-state index in [2.05, 4.69) is 22.4 Å². The highest BCUT2D eigenvalue weighted by atomic mass is 16.3. The van der Waals surface area contributed by atoms with Crippen molar-refractivity contribution < 1.29 is 5.11 Å². The predicted molar refractivity (Wildman–Crippen MR) is 22.2 cm³/mol. The lowest BCUT2D eigenvalue weighted by Gasteiger charge is -1.78. The van der Waals surface area contributed by atoms with Gasteiger partial charge in [-0.3, -0.25) is 4.98 Å². The van der Waals surface area contributed by atoms with Crippen LogP contribution >= 0.6 is 0 Å². The molecule has 0 atom stereocenters. The van der Waals surface area contributed by atoms with E-state index in [-0.39, 0.29) is 6.61 Å². The number of hydrogen-bond donors (Lipinski definition) is 2. The van der Waals surface area contributed by atoms with Crippen molar-refractivity contribution in [3.63, 3.8) is 0 Å². The Bertz CT molecular complexity index is 124. The molecule has 0 fully saturated rings. The van der Waals surface area contributed by atoms with E-state index in [1.807, 2.05) is 0 Å². The highest BCUT2D eigenvalue weighted by molar-refractivity contribution is 4.75. The summed E-state index contributed by atoms with van der Waals surface area (Å²) in [4.78, 5) is 6.09. The summed E-state index contributed by atoms with van der Waals surface area (Å²) in [5.74, 6) is 0.500. The van der Waals surface area contributed by atoms with E-state index >= 15 is 0 Å². The molecule has 0 unspecified atom stereocenters. The molecule has 0 aliphatic heterocycles. The van der Waals surface area contributed by atoms with E-state index in [1.165, 1.54) is 0 Å². The van der Waals surface area contributed by atoms with Gasteiger partial charge < -0.3 is 5.11 Å². The number of aliphatic hydroxyl groups is 1. The summed E-state index contributed by atoms with van der Waals surface area (Å²) in [6.45, 7) is -0.0694. The number of hydrogen-bond acceptors (Lipinski definition) is 2. The lowest BCUT2D eigenvalue weighted by Crippen LogP contribution is -1.83. The summed E-state index contributed by atoms with van der Waals surface area (Å²) in [6, 6.07) is 0. The van der Waals surface area contributed by atoms with Crippen LogP contribution in [0.25, 0.3) is 0 Å². The van der Waals surface area contributed by atoms with Gasteiger partial charge in [-0.2, -0.15) is 4.98 Å². The molecule has 1 aromatic heterocycles. The van der Waals surface area contributed by atoms with Crippen LogP contribution in [0.15, 0.2) is 0 Å². The van der Waals surface area contributed by atoms with E-state index in [0.717, 1.165) is 0 Å². The molecular weight excluding hydrogens is 92.1 g/mol. The van der Waals surface area contributed by atoms with E-state index in [9.17, 15) is 0 Å². The largest absolute Gasteiger partial charge is 0.388 e. The molecule has 1 aromatic rings. The van der Waals surface area contributed by atoms with Gasteiger partial charge in [0.1, 0.15) is 12.4 Å². The summed E-state index contributed by atoms with van der Waals surface area (Å²) >= 11 is 0. The molecule has 0 spiro atoms. The highest BCUT2D eigenvalue weighted by Gasteiger charge is 1.83.